The summed E-state index contributed by atoms with van der Waals surface area (Å²) in [4.78, 5) is 0. The molecule has 21 heavy (non-hydrogen) atoms. The minimum Gasteiger partial charge on any atom is -0.260 e. The highest BCUT2D eigenvalue weighted by atomic mass is 19.3. The monoisotopic (exact) mass is 340 g/mol. The highest BCUT2D eigenvalue weighted by molar-refractivity contribution is 5.09. The number of alkyl halides is 10. The number of ether oxygens (including phenoxy) is 4. The van der Waals surface area contributed by atoms with Crippen LogP contribution >= 0.6 is 0 Å². The highest BCUT2D eigenvalue weighted by Crippen LogP contribution is 2.70. The first-order chi connectivity index (χ1) is 9.20. The first-order valence-electron chi connectivity index (χ1n) is 4.71. The first-order valence-corrected chi connectivity index (χ1v) is 4.71. The van der Waals surface area contributed by atoms with Crippen molar-refractivity contribution in [3.05, 3.63) is 0 Å². The van der Waals surface area contributed by atoms with Crippen molar-refractivity contribution in [1.29, 1.82) is 0 Å². The van der Waals surface area contributed by atoms with Crippen LogP contribution in [0.25, 0.3) is 0 Å². The van der Waals surface area contributed by atoms with Gasteiger partial charge in [-0.1, -0.05) is 0 Å². The Morgan fingerprint density at radius 3 is 0.857 bits per heavy atom. The van der Waals surface area contributed by atoms with Crippen molar-refractivity contribution in [2.75, 3.05) is 0 Å². The molecule has 1 spiro atoms. The number of rotatable bonds is 0. The van der Waals surface area contributed by atoms with Gasteiger partial charge in [0.1, 0.15) is 0 Å². The van der Waals surface area contributed by atoms with Gasteiger partial charge in [-0.15, -0.1) is 0 Å². The lowest BCUT2D eigenvalue weighted by atomic mass is 9.80. The minimum atomic E-state index is -6.30. The van der Waals surface area contributed by atoms with Gasteiger partial charge in [-0.25, -0.2) is 0 Å². The largest absolute Gasteiger partial charge is 0.391 e. The van der Waals surface area contributed by atoms with E-state index < -0.39 is 42.9 Å². The van der Waals surface area contributed by atoms with Crippen LogP contribution in [0, 0.1) is 5.41 Å². The fourth-order valence-corrected chi connectivity index (χ4v) is 1.88. The molecular weight excluding hydrogens is 338 g/mol. The van der Waals surface area contributed by atoms with Crippen molar-refractivity contribution in [3.63, 3.8) is 0 Å². The lowest BCUT2D eigenvalue weighted by Crippen LogP contribution is -2.79. The fraction of sp³-hybridized carbons (Fsp3) is 1.00. The Bertz CT molecular complexity index is 360. The third-order valence-corrected chi connectivity index (χ3v) is 2.71. The van der Waals surface area contributed by atoms with E-state index in [1.807, 2.05) is 0 Å². The molecule has 0 aromatic carbocycles. The maximum Gasteiger partial charge on any atom is 0.391 e. The van der Waals surface area contributed by atoms with Crippen LogP contribution in [0.2, 0.25) is 0 Å². The van der Waals surface area contributed by atoms with E-state index in [1.165, 1.54) is 0 Å². The number of hydrogen-bond acceptors (Lipinski definition) is 4. The molecule has 0 amide bonds. The molecule has 0 aromatic rings. The quantitative estimate of drug-likeness (QED) is 0.636. The lowest BCUT2D eigenvalue weighted by Gasteiger charge is -2.53. The van der Waals surface area contributed by atoms with E-state index in [2.05, 4.69) is 18.9 Å². The minimum absolute atomic E-state index is 2.66. The molecule has 2 fully saturated rings. The van der Waals surface area contributed by atoms with Crippen molar-refractivity contribution in [2.24, 2.45) is 5.41 Å². The predicted octanol–water partition coefficient (Wildman–Crippen LogP) is 2.94. The van der Waals surface area contributed by atoms with Gasteiger partial charge in [-0.05, 0) is 0 Å². The molecule has 124 valence electrons. The van der Waals surface area contributed by atoms with Gasteiger partial charge in [0.05, 0.1) is 0 Å². The highest BCUT2D eigenvalue weighted by Gasteiger charge is 2.98. The smallest absolute Gasteiger partial charge is 0.260 e. The van der Waals surface area contributed by atoms with Gasteiger partial charge in [0.2, 0.25) is 0 Å². The Kier molecular flexibility index (Phi) is 3.23. The predicted molar refractivity (Wildman–Crippen MR) is 36.4 cm³/mol. The van der Waals surface area contributed by atoms with Crippen LogP contribution in [0.15, 0.2) is 0 Å². The summed E-state index contributed by atoms with van der Waals surface area (Å²) in [7, 11) is 0. The summed E-state index contributed by atoms with van der Waals surface area (Å²) in [6.45, 7) is -8.04. The van der Waals surface area contributed by atoms with Crippen molar-refractivity contribution in [2.45, 2.75) is 37.5 Å². The van der Waals surface area contributed by atoms with Crippen LogP contribution in [0.5, 0.6) is 0 Å². The zero-order chi connectivity index (χ0) is 16.5. The second-order valence-corrected chi connectivity index (χ2v) is 3.84. The normalized spacial score (nSPS) is 43.7. The second kappa shape index (κ2) is 4.11. The van der Waals surface area contributed by atoms with Crippen LogP contribution in [-0.4, -0.2) is 37.5 Å². The molecule has 2 aliphatic heterocycles. The van der Waals surface area contributed by atoms with E-state index in [4.69, 9.17) is 0 Å². The zero-order valence-corrected chi connectivity index (χ0v) is 9.07. The Hall–Kier alpha value is -0.860. The molecule has 2 rings (SSSR count). The van der Waals surface area contributed by atoms with Gasteiger partial charge in [-0.2, -0.15) is 43.9 Å². The summed E-state index contributed by atoms with van der Waals surface area (Å²) in [5.74, 6) is 0. The average molecular weight is 340 g/mol. The van der Waals surface area contributed by atoms with Crippen LogP contribution < -0.4 is 0 Å². The number of halogens is 10. The van der Waals surface area contributed by atoms with Gasteiger partial charge in [0.15, 0.2) is 0 Å². The Balaban J connectivity index is 2.74. The van der Waals surface area contributed by atoms with E-state index in [1.54, 1.807) is 0 Å². The van der Waals surface area contributed by atoms with Crippen LogP contribution in [0.3, 0.4) is 0 Å². The van der Waals surface area contributed by atoms with Crippen LogP contribution in [-0.2, 0) is 18.9 Å². The van der Waals surface area contributed by atoms with Crippen molar-refractivity contribution in [3.8, 4) is 0 Å². The standard InChI is InChI=1S/C7H2F10O4/c8-1-18-4(10,11)3(5(12,13)19-1)6(14,15)20-2(9)21-7(3,16)17/h1-2H. The van der Waals surface area contributed by atoms with Gasteiger partial charge in [0, 0.05) is 0 Å². The average Bonchev–Trinajstić information content (AvgIpc) is 2.05. The number of hydrogen-bond donors (Lipinski definition) is 0. The summed E-state index contributed by atoms with van der Waals surface area (Å²) < 4.78 is 142. The molecule has 2 heterocycles. The molecule has 0 unspecified atom stereocenters. The lowest BCUT2D eigenvalue weighted by molar-refractivity contribution is -0.656. The second-order valence-electron chi connectivity index (χ2n) is 3.84. The molecular formula is C7H2F10O4. The molecule has 0 aromatic heterocycles. The third-order valence-electron chi connectivity index (χ3n) is 2.71. The Morgan fingerprint density at radius 1 is 0.476 bits per heavy atom. The summed E-state index contributed by atoms with van der Waals surface area (Å²) >= 11 is 0. The van der Waals surface area contributed by atoms with E-state index in [0.29, 0.717) is 0 Å². The molecule has 0 radical (unpaired) electrons. The molecule has 2 saturated heterocycles. The maximum atomic E-state index is 13.3. The molecule has 4 nitrogen and oxygen atoms in total. The molecule has 2 aliphatic rings. The molecule has 0 bridgehead atoms. The van der Waals surface area contributed by atoms with Gasteiger partial charge >= 0.3 is 42.9 Å². The maximum absolute atomic E-state index is 13.3. The van der Waals surface area contributed by atoms with Crippen molar-refractivity contribution in [1.82, 2.24) is 0 Å². The van der Waals surface area contributed by atoms with Gasteiger partial charge in [0.25, 0.3) is 0 Å². The zero-order valence-electron chi connectivity index (χ0n) is 9.07. The first kappa shape index (κ1) is 16.5. The summed E-state index contributed by atoms with van der Waals surface area (Å²) in [5.41, 5.74) is -6.30. The summed E-state index contributed by atoms with van der Waals surface area (Å²) in [6.07, 6.45) is -25.1. The molecule has 14 heteroatoms. The summed E-state index contributed by atoms with van der Waals surface area (Å²) in [5, 5.41) is 0. The van der Waals surface area contributed by atoms with Gasteiger partial charge in [-0.3, -0.25) is 18.9 Å². The molecule has 0 saturated carbocycles. The van der Waals surface area contributed by atoms with Gasteiger partial charge < -0.3 is 0 Å². The Morgan fingerprint density at radius 2 is 0.667 bits per heavy atom. The third kappa shape index (κ3) is 1.85. The van der Waals surface area contributed by atoms with Crippen molar-refractivity contribution < 1.29 is 62.9 Å². The fourth-order valence-electron chi connectivity index (χ4n) is 1.88. The van der Waals surface area contributed by atoms with Crippen molar-refractivity contribution >= 4 is 0 Å². The van der Waals surface area contributed by atoms with Crippen LogP contribution in [0.1, 0.15) is 0 Å². The molecule has 0 aliphatic carbocycles. The van der Waals surface area contributed by atoms with E-state index in [0.717, 1.165) is 0 Å². The van der Waals surface area contributed by atoms with Crippen LogP contribution in [0.4, 0.5) is 43.9 Å². The summed E-state index contributed by atoms with van der Waals surface area (Å²) in [6, 6.07) is 0. The SMILES string of the molecule is FC1OC(F)(F)C2(C(F)(F)O1)C(F)(F)OC(F)OC2(F)F. The van der Waals surface area contributed by atoms with E-state index >= 15 is 0 Å². The Labute approximate surface area is 107 Å². The van der Waals surface area contributed by atoms with E-state index in [-0.39, 0.29) is 0 Å². The molecule has 0 atom stereocenters. The van der Waals surface area contributed by atoms with E-state index in [9.17, 15) is 43.9 Å². The topological polar surface area (TPSA) is 36.9 Å². The molecule has 0 N–H and O–H groups in total.